The van der Waals surface area contributed by atoms with E-state index in [1.807, 2.05) is 6.92 Å². The van der Waals surface area contributed by atoms with Crippen molar-refractivity contribution in [3.8, 4) is 17.0 Å². The number of benzene rings is 1. The zero-order chi connectivity index (χ0) is 16.4. The van der Waals surface area contributed by atoms with E-state index in [0.717, 1.165) is 16.1 Å². The summed E-state index contributed by atoms with van der Waals surface area (Å²) in [5.74, 6) is 0.0317. The second-order valence-corrected chi connectivity index (χ2v) is 6.00. The maximum Gasteiger partial charge on any atom is 0.271 e. The molecule has 2 N–H and O–H groups in total. The molecule has 1 amide bonds. The number of rotatable bonds is 4. The number of phenols is 1. The van der Waals surface area contributed by atoms with Gasteiger partial charge in [-0.05, 0) is 48.8 Å². The van der Waals surface area contributed by atoms with Crippen molar-refractivity contribution in [2.24, 2.45) is 0 Å². The predicted octanol–water partition coefficient (Wildman–Crippen LogP) is 2.21. The Labute approximate surface area is 136 Å². The van der Waals surface area contributed by atoms with E-state index < -0.39 is 0 Å². The van der Waals surface area contributed by atoms with E-state index in [1.54, 1.807) is 42.3 Å². The van der Waals surface area contributed by atoms with E-state index in [4.69, 9.17) is 0 Å². The number of carbonyl (C=O) groups is 1. The van der Waals surface area contributed by atoms with Gasteiger partial charge in [0.25, 0.3) is 5.91 Å². The smallest absolute Gasteiger partial charge is 0.271 e. The number of H-pyrrole nitrogens is 1. The fourth-order valence-corrected chi connectivity index (χ4v) is 2.79. The zero-order valence-corrected chi connectivity index (χ0v) is 13.5. The third-order valence-electron chi connectivity index (χ3n) is 3.44. The number of nitrogens with one attached hydrogen (secondary N) is 1. The SMILES string of the molecule is Cc1nnsc1CN(C)C(=O)c1cc(-c2ccc(O)cc2)n[nH]1. The van der Waals surface area contributed by atoms with Gasteiger partial charge in [-0.1, -0.05) is 4.49 Å². The molecule has 3 aromatic rings. The number of aryl methyl sites for hydroxylation is 1. The van der Waals surface area contributed by atoms with E-state index >= 15 is 0 Å². The van der Waals surface area contributed by atoms with Crippen molar-refractivity contribution in [2.45, 2.75) is 13.5 Å². The van der Waals surface area contributed by atoms with Crippen LogP contribution < -0.4 is 0 Å². The number of hydrogen-bond donors (Lipinski definition) is 2. The molecule has 0 radical (unpaired) electrons. The first-order valence-electron chi connectivity index (χ1n) is 6.92. The molecule has 118 valence electrons. The normalized spacial score (nSPS) is 10.7. The molecule has 8 heteroatoms. The van der Waals surface area contributed by atoms with E-state index in [9.17, 15) is 9.90 Å². The average Bonchev–Trinajstić information content (AvgIpc) is 3.17. The molecule has 0 aliphatic rings. The Hall–Kier alpha value is -2.74. The Morgan fingerprint density at radius 3 is 2.74 bits per heavy atom. The summed E-state index contributed by atoms with van der Waals surface area (Å²) in [6.45, 7) is 2.33. The van der Waals surface area contributed by atoms with Gasteiger partial charge in [0.2, 0.25) is 0 Å². The standard InChI is InChI=1S/C15H15N5O2S/c1-9-14(23-19-16-9)8-20(2)15(22)13-7-12(17-18-13)10-3-5-11(21)6-4-10/h3-7,21H,8H2,1-2H3,(H,17,18). The summed E-state index contributed by atoms with van der Waals surface area (Å²) in [5.41, 5.74) is 2.72. The van der Waals surface area contributed by atoms with Crippen LogP contribution in [0.3, 0.4) is 0 Å². The van der Waals surface area contributed by atoms with Crippen LogP contribution in [0, 0.1) is 6.92 Å². The lowest BCUT2D eigenvalue weighted by Gasteiger charge is -2.14. The van der Waals surface area contributed by atoms with Crippen molar-refractivity contribution >= 4 is 17.4 Å². The minimum atomic E-state index is -0.157. The largest absolute Gasteiger partial charge is 0.508 e. The molecule has 0 saturated carbocycles. The molecule has 2 aromatic heterocycles. The summed E-state index contributed by atoms with van der Waals surface area (Å²) in [6, 6.07) is 8.35. The molecule has 0 aliphatic carbocycles. The van der Waals surface area contributed by atoms with Crippen molar-refractivity contribution in [1.82, 2.24) is 24.7 Å². The second-order valence-electron chi connectivity index (χ2n) is 5.16. The summed E-state index contributed by atoms with van der Waals surface area (Å²) in [7, 11) is 1.72. The van der Waals surface area contributed by atoms with Crippen molar-refractivity contribution in [3.63, 3.8) is 0 Å². The van der Waals surface area contributed by atoms with Crippen LogP contribution in [0.15, 0.2) is 30.3 Å². The summed E-state index contributed by atoms with van der Waals surface area (Å²) in [6.07, 6.45) is 0. The molecule has 0 bridgehead atoms. The Bertz CT molecular complexity index is 825. The van der Waals surface area contributed by atoms with E-state index in [2.05, 4.69) is 19.8 Å². The van der Waals surface area contributed by atoms with E-state index in [1.165, 1.54) is 11.5 Å². The Morgan fingerprint density at radius 2 is 2.09 bits per heavy atom. The Kier molecular flexibility index (Phi) is 4.07. The predicted molar refractivity (Wildman–Crippen MR) is 86.1 cm³/mol. The first kappa shape index (κ1) is 15.2. The van der Waals surface area contributed by atoms with Crippen LogP contribution in [-0.2, 0) is 6.54 Å². The van der Waals surface area contributed by atoms with Crippen LogP contribution in [0.1, 0.15) is 21.1 Å². The molecule has 0 aliphatic heterocycles. The first-order chi connectivity index (χ1) is 11.0. The number of aromatic amines is 1. The monoisotopic (exact) mass is 329 g/mol. The summed E-state index contributed by atoms with van der Waals surface area (Å²) in [4.78, 5) is 15.0. The third kappa shape index (κ3) is 3.21. The molecule has 3 rings (SSSR count). The number of aromatic nitrogens is 4. The average molecular weight is 329 g/mol. The number of hydrogen-bond acceptors (Lipinski definition) is 6. The second kappa shape index (κ2) is 6.17. The fourth-order valence-electron chi connectivity index (χ4n) is 2.10. The van der Waals surface area contributed by atoms with Gasteiger partial charge in [-0.25, -0.2) is 0 Å². The number of carbonyl (C=O) groups excluding carboxylic acids is 1. The molecule has 0 saturated heterocycles. The van der Waals surface area contributed by atoms with Gasteiger partial charge < -0.3 is 10.0 Å². The molecular formula is C15H15N5O2S. The van der Waals surface area contributed by atoms with Crippen LogP contribution in [0.4, 0.5) is 0 Å². The quantitative estimate of drug-likeness (QED) is 0.765. The number of aromatic hydroxyl groups is 1. The summed E-state index contributed by atoms with van der Waals surface area (Å²) < 4.78 is 3.87. The highest BCUT2D eigenvalue weighted by molar-refractivity contribution is 7.05. The molecule has 0 unspecified atom stereocenters. The van der Waals surface area contributed by atoms with Crippen LogP contribution in [0.5, 0.6) is 5.75 Å². The van der Waals surface area contributed by atoms with Gasteiger partial charge in [0.05, 0.1) is 22.8 Å². The van der Waals surface area contributed by atoms with Gasteiger partial charge in [0.15, 0.2) is 0 Å². The fraction of sp³-hybridized carbons (Fsp3) is 0.200. The summed E-state index contributed by atoms with van der Waals surface area (Å²) >= 11 is 1.29. The molecule has 0 fully saturated rings. The topological polar surface area (TPSA) is 95.0 Å². The minimum absolute atomic E-state index is 0.157. The van der Waals surface area contributed by atoms with Gasteiger partial charge >= 0.3 is 0 Å². The minimum Gasteiger partial charge on any atom is -0.508 e. The zero-order valence-electron chi connectivity index (χ0n) is 12.6. The number of phenolic OH excluding ortho intramolecular Hbond substituents is 1. The van der Waals surface area contributed by atoms with Crippen LogP contribution in [0.25, 0.3) is 11.3 Å². The first-order valence-corrected chi connectivity index (χ1v) is 7.70. The third-order valence-corrected chi connectivity index (χ3v) is 4.25. The highest BCUT2D eigenvalue weighted by atomic mass is 32.1. The Morgan fingerprint density at radius 1 is 1.35 bits per heavy atom. The van der Waals surface area contributed by atoms with Gasteiger partial charge in [0.1, 0.15) is 11.4 Å². The van der Waals surface area contributed by atoms with Crippen molar-refractivity contribution in [2.75, 3.05) is 7.05 Å². The molecular weight excluding hydrogens is 314 g/mol. The lowest BCUT2D eigenvalue weighted by molar-refractivity contribution is 0.0780. The number of amides is 1. The van der Waals surface area contributed by atoms with Crippen molar-refractivity contribution in [1.29, 1.82) is 0 Å². The molecule has 0 atom stereocenters. The molecule has 23 heavy (non-hydrogen) atoms. The molecule has 1 aromatic carbocycles. The molecule has 7 nitrogen and oxygen atoms in total. The lowest BCUT2D eigenvalue weighted by Crippen LogP contribution is -2.26. The van der Waals surface area contributed by atoms with Gasteiger partial charge in [0, 0.05) is 12.6 Å². The van der Waals surface area contributed by atoms with Gasteiger partial charge in [-0.2, -0.15) is 5.10 Å². The van der Waals surface area contributed by atoms with Gasteiger partial charge in [-0.15, -0.1) is 5.10 Å². The van der Waals surface area contributed by atoms with Crippen molar-refractivity contribution in [3.05, 3.63) is 46.6 Å². The number of nitrogens with zero attached hydrogens (tertiary/aromatic N) is 4. The Balaban J connectivity index is 1.75. The molecule has 2 heterocycles. The summed E-state index contributed by atoms with van der Waals surface area (Å²) in [5, 5.41) is 20.2. The lowest BCUT2D eigenvalue weighted by atomic mass is 10.1. The molecule has 0 spiro atoms. The van der Waals surface area contributed by atoms with Crippen LogP contribution in [-0.4, -0.2) is 42.7 Å². The van der Waals surface area contributed by atoms with E-state index in [-0.39, 0.29) is 11.7 Å². The van der Waals surface area contributed by atoms with Crippen molar-refractivity contribution < 1.29 is 9.90 Å². The van der Waals surface area contributed by atoms with Gasteiger partial charge in [-0.3, -0.25) is 9.89 Å². The van der Waals surface area contributed by atoms with E-state index in [0.29, 0.717) is 17.9 Å². The maximum atomic E-state index is 12.5. The highest BCUT2D eigenvalue weighted by Gasteiger charge is 2.17. The maximum absolute atomic E-state index is 12.5. The highest BCUT2D eigenvalue weighted by Crippen LogP contribution is 2.21. The van der Waals surface area contributed by atoms with Crippen LogP contribution >= 0.6 is 11.5 Å². The van der Waals surface area contributed by atoms with Crippen LogP contribution in [0.2, 0.25) is 0 Å².